The molecule has 1 heterocycles. The first-order valence-electron chi connectivity index (χ1n) is 19.1. The van der Waals surface area contributed by atoms with Crippen molar-refractivity contribution in [2.45, 2.75) is 167 Å². The lowest BCUT2D eigenvalue weighted by atomic mass is 9.83. The van der Waals surface area contributed by atoms with E-state index in [2.05, 4.69) is 10.6 Å². The van der Waals surface area contributed by atoms with Gasteiger partial charge in [0.05, 0.1) is 6.04 Å². The minimum atomic E-state index is -0.864. The zero-order valence-corrected chi connectivity index (χ0v) is 31.1. The molecule has 50 heavy (non-hydrogen) atoms. The minimum Gasteiger partial charge on any atom is -0.444 e. The number of primary amides is 1. The molecule has 0 bridgehead atoms. The van der Waals surface area contributed by atoms with Crippen LogP contribution in [-0.4, -0.2) is 76.3 Å². The second kappa shape index (κ2) is 19.3. The predicted octanol–water partition coefficient (Wildman–Crippen LogP) is 4.93. The lowest BCUT2D eigenvalue weighted by molar-refractivity contribution is -0.143. The van der Waals surface area contributed by atoms with Crippen LogP contribution in [0.4, 0.5) is 4.79 Å². The molecule has 4 amide bonds. The molecule has 0 radical (unpaired) electrons. The summed E-state index contributed by atoms with van der Waals surface area (Å²) in [5, 5.41) is 5.56. The third kappa shape index (κ3) is 12.2. The number of carbonyl (C=O) groups excluding carboxylic acids is 7. The third-order valence-corrected chi connectivity index (χ3v) is 10.6. The van der Waals surface area contributed by atoms with Crippen LogP contribution in [0.3, 0.4) is 0 Å². The van der Waals surface area contributed by atoms with Gasteiger partial charge in [0.25, 0.3) is 0 Å². The first-order valence-corrected chi connectivity index (χ1v) is 19.1. The van der Waals surface area contributed by atoms with Crippen molar-refractivity contribution in [1.82, 2.24) is 15.5 Å². The van der Waals surface area contributed by atoms with E-state index in [0.29, 0.717) is 32.2 Å². The maximum Gasteiger partial charge on any atom is 0.408 e. The fraction of sp³-hybridized carbons (Fsp3) is 0.816. The van der Waals surface area contributed by atoms with E-state index in [1.165, 1.54) is 0 Å². The summed E-state index contributed by atoms with van der Waals surface area (Å²) in [4.78, 5) is 94.4. The zero-order chi connectivity index (χ0) is 37.0. The van der Waals surface area contributed by atoms with Crippen LogP contribution in [0.5, 0.6) is 0 Å². The number of hydrogen-bond acceptors (Lipinski definition) is 8. The maximum absolute atomic E-state index is 14.1. The Balaban J connectivity index is 1.68. The van der Waals surface area contributed by atoms with E-state index >= 15 is 0 Å². The van der Waals surface area contributed by atoms with Crippen LogP contribution in [-0.2, 0) is 33.5 Å². The molecule has 0 aromatic heterocycles. The van der Waals surface area contributed by atoms with Gasteiger partial charge in [0.2, 0.25) is 23.5 Å². The topological polar surface area (TPSA) is 182 Å². The van der Waals surface area contributed by atoms with Crippen molar-refractivity contribution >= 4 is 41.2 Å². The van der Waals surface area contributed by atoms with E-state index in [1.807, 2.05) is 6.92 Å². The first kappa shape index (κ1) is 41.1. The molecule has 282 valence electrons. The molecule has 3 fully saturated rings. The van der Waals surface area contributed by atoms with Crippen molar-refractivity contribution in [3.63, 3.8) is 0 Å². The molecule has 2 aliphatic carbocycles. The van der Waals surface area contributed by atoms with Crippen molar-refractivity contribution in [1.29, 1.82) is 0 Å². The highest BCUT2D eigenvalue weighted by atomic mass is 16.6. The Morgan fingerprint density at radius 3 is 1.92 bits per heavy atom. The smallest absolute Gasteiger partial charge is 0.408 e. The quantitative estimate of drug-likeness (QED) is 0.178. The SMILES string of the molecule is CCCCC(CC(=O)[C@@H]1CCCN1C(=O)[C@@H](NC(=O)OC(C)(C)C)C1CCCCC1)C(=O)C(=O)C[C@@H](C)C(=O)N[C@H](C(N)=O)C1CCCCC1. The number of unbranched alkanes of at least 4 members (excludes halogenated alkanes) is 1. The monoisotopic (exact) mass is 702 g/mol. The van der Waals surface area contributed by atoms with Gasteiger partial charge in [0.15, 0.2) is 11.6 Å². The summed E-state index contributed by atoms with van der Waals surface area (Å²) in [7, 11) is 0. The van der Waals surface area contributed by atoms with Gasteiger partial charge in [-0.2, -0.15) is 0 Å². The summed E-state index contributed by atoms with van der Waals surface area (Å²) >= 11 is 0. The van der Waals surface area contributed by atoms with Crippen LogP contribution < -0.4 is 16.4 Å². The highest BCUT2D eigenvalue weighted by molar-refractivity contribution is 6.38. The number of nitrogens with two attached hydrogens (primary N) is 1. The minimum absolute atomic E-state index is 0.0489. The molecule has 12 nitrogen and oxygen atoms in total. The third-order valence-electron chi connectivity index (χ3n) is 10.6. The normalized spacial score (nSPS) is 21.4. The van der Waals surface area contributed by atoms with Crippen molar-refractivity contribution in [2.75, 3.05) is 6.54 Å². The lowest BCUT2D eigenvalue weighted by Gasteiger charge is -2.35. The standard InChI is InChI=1S/C38H62N4O8/c1-6-7-15-27(33(45)30(44)22-24(2)35(47)40-31(34(39)46)25-16-10-8-11-17-25)23-29(43)28-20-14-21-42(28)36(48)32(26-18-12-9-13-19-26)41-37(49)50-38(3,4)5/h24-28,31-32H,6-23H2,1-5H3,(H2,39,46)(H,40,47)(H,41,49)/t24-,27?,28+,31+,32+/m1/s1. The highest BCUT2D eigenvalue weighted by Crippen LogP contribution is 2.31. The summed E-state index contributed by atoms with van der Waals surface area (Å²) in [6, 6.07) is -2.39. The van der Waals surface area contributed by atoms with Crippen LogP contribution in [0.15, 0.2) is 0 Å². The number of ketones is 3. The summed E-state index contributed by atoms with van der Waals surface area (Å²) in [5.41, 5.74) is 4.88. The molecule has 5 atom stereocenters. The molecule has 0 aromatic rings. The molecule has 1 saturated heterocycles. The van der Waals surface area contributed by atoms with E-state index in [0.717, 1.165) is 70.6 Å². The number of amides is 4. The van der Waals surface area contributed by atoms with Gasteiger partial charge in [-0.05, 0) is 77.6 Å². The fourth-order valence-electron chi connectivity index (χ4n) is 7.87. The molecule has 1 aliphatic heterocycles. The molecular weight excluding hydrogens is 640 g/mol. The number of alkyl carbamates (subject to hydrolysis) is 1. The molecule has 12 heteroatoms. The summed E-state index contributed by atoms with van der Waals surface area (Å²) in [6.07, 6.45) is 10.7. The molecular formula is C38H62N4O8. The Morgan fingerprint density at radius 2 is 1.38 bits per heavy atom. The molecule has 0 aromatic carbocycles. The molecule has 0 spiro atoms. The van der Waals surface area contributed by atoms with E-state index in [4.69, 9.17) is 10.5 Å². The average Bonchev–Trinajstić information content (AvgIpc) is 3.57. The van der Waals surface area contributed by atoms with E-state index in [1.54, 1.807) is 32.6 Å². The molecule has 4 N–H and O–H groups in total. The highest BCUT2D eigenvalue weighted by Gasteiger charge is 2.42. The summed E-state index contributed by atoms with van der Waals surface area (Å²) in [6.45, 7) is 9.13. The van der Waals surface area contributed by atoms with E-state index in [-0.39, 0.29) is 36.4 Å². The van der Waals surface area contributed by atoms with Crippen LogP contribution >= 0.6 is 0 Å². The van der Waals surface area contributed by atoms with Crippen molar-refractivity contribution in [3.8, 4) is 0 Å². The zero-order valence-electron chi connectivity index (χ0n) is 31.1. The molecule has 2 saturated carbocycles. The van der Waals surface area contributed by atoms with Gasteiger partial charge in [0.1, 0.15) is 17.7 Å². The van der Waals surface area contributed by atoms with Gasteiger partial charge in [-0.25, -0.2) is 4.79 Å². The lowest BCUT2D eigenvalue weighted by Crippen LogP contribution is -2.55. The van der Waals surface area contributed by atoms with Gasteiger partial charge in [-0.3, -0.25) is 28.8 Å². The Hall–Kier alpha value is -3.31. The van der Waals surface area contributed by atoms with Crippen molar-refractivity contribution < 1.29 is 38.3 Å². The van der Waals surface area contributed by atoms with Crippen molar-refractivity contribution in [3.05, 3.63) is 0 Å². The molecule has 3 aliphatic rings. The molecule has 1 unspecified atom stereocenters. The Labute approximate surface area is 298 Å². The second-order valence-corrected chi connectivity index (χ2v) is 15.9. The number of hydrogen-bond donors (Lipinski definition) is 3. The van der Waals surface area contributed by atoms with Gasteiger partial charge in [-0.15, -0.1) is 0 Å². The molecule has 3 rings (SSSR count). The van der Waals surface area contributed by atoms with Gasteiger partial charge in [-0.1, -0.05) is 65.2 Å². The van der Waals surface area contributed by atoms with Crippen LogP contribution in [0.1, 0.15) is 144 Å². The number of nitrogens with one attached hydrogen (secondary N) is 2. The van der Waals surface area contributed by atoms with E-state index < -0.39 is 65.0 Å². The van der Waals surface area contributed by atoms with E-state index in [9.17, 15) is 33.6 Å². The number of likely N-dealkylation sites (tertiary alicyclic amines) is 1. The Bertz CT molecular complexity index is 1220. The predicted molar refractivity (Wildman–Crippen MR) is 189 cm³/mol. The van der Waals surface area contributed by atoms with Gasteiger partial charge < -0.3 is 26.0 Å². The summed E-state index contributed by atoms with van der Waals surface area (Å²) in [5.74, 6) is -4.97. The van der Waals surface area contributed by atoms with Crippen molar-refractivity contribution in [2.24, 2.45) is 29.4 Å². The number of ether oxygens (including phenoxy) is 1. The number of rotatable bonds is 17. The fourth-order valence-corrected chi connectivity index (χ4v) is 7.87. The second-order valence-electron chi connectivity index (χ2n) is 15.9. The van der Waals surface area contributed by atoms with Crippen LogP contribution in [0, 0.1) is 23.7 Å². The van der Waals surface area contributed by atoms with Gasteiger partial charge >= 0.3 is 6.09 Å². The average molecular weight is 703 g/mol. The number of Topliss-reactive ketones (excluding diaryl/α,β-unsaturated/α-hetero) is 3. The summed E-state index contributed by atoms with van der Waals surface area (Å²) < 4.78 is 5.48. The largest absolute Gasteiger partial charge is 0.444 e. The van der Waals surface area contributed by atoms with Gasteiger partial charge in [0, 0.05) is 31.2 Å². The Kier molecular flexibility index (Phi) is 15.9. The Morgan fingerprint density at radius 1 is 0.800 bits per heavy atom. The first-order chi connectivity index (χ1) is 23.6. The maximum atomic E-state index is 14.1. The number of carbonyl (C=O) groups is 7. The van der Waals surface area contributed by atoms with Crippen LogP contribution in [0.25, 0.3) is 0 Å². The van der Waals surface area contributed by atoms with Crippen LogP contribution in [0.2, 0.25) is 0 Å². The number of nitrogens with zero attached hydrogens (tertiary/aromatic N) is 1.